The van der Waals surface area contributed by atoms with Crippen LogP contribution in [0.15, 0.2) is 42.9 Å². The number of hydrogen-bond donors (Lipinski definition) is 0. The van der Waals surface area contributed by atoms with E-state index in [4.69, 9.17) is 0 Å². The molecule has 5 heteroatoms. The van der Waals surface area contributed by atoms with Crippen molar-refractivity contribution in [2.45, 2.75) is 25.8 Å². The molecular formula is C17H22N4O. The highest BCUT2D eigenvalue weighted by Crippen LogP contribution is 2.23. The van der Waals surface area contributed by atoms with Crippen molar-refractivity contribution in [1.82, 2.24) is 19.7 Å². The van der Waals surface area contributed by atoms with Gasteiger partial charge in [0.2, 0.25) is 5.91 Å². The molecular weight excluding hydrogens is 276 g/mol. The van der Waals surface area contributed by atoms with Gasteiger partial charge in [-0.25, -0.2) is 0 Å². The molecule has 0 N–H and O–H groups in total. The van der Waals surface area contributed by atoms with E-state index in [1.54, 1.807) is 34.1 Å². The highest BCUT2D eigenvalue weighted by atomic mass is 16.2. The number of aryl methyl sites for hydroxylation is 1. The van der Waals surface area contributed by atoms with Gasteiger partial charge in [0.1, 0.15) is 0 Å². The number of pyridine rings is 1. The van der Waals surface area contributed by atoms with Gasteiger partial charge < -0.3 is 4.90 Å². The van der Waals surface area contributed by atoms with Crippen LogP contribution in [0.1, 0.15) is 37.1 Å². The Labute approximate surface area is 131 Å². The average molecular weight is 298 g/mol. The van der Waals surface area contributed by atoms with E-state index < -0.39 is 0 Å². The molecule has 2 aromatic rings. The van der Waals surface area contributed by atoms with Crippen LogP contribution in [0.25, 0.3) is 6.08 Å². The van der Waals surface area contributed by atoms with Crippen LogP contribution < -0.4 is 0 Å². The van der Waals surface area contributed by atoms with E-state index in [2.05, 4.69) is 17.0 Å². The molecule has 0 aliphatic heterocycles. The summed E-state index contributed by atoms with van der Waals surface area (Å²) in [6.45, 7) is 2.11. The molecule has 0 saturated carbocycles. The Morgan fingerprint density at radius 3 is 2.86 bits per heavy atom. The minimum atomic E-state index is -0.0343. The number of likely N-dealkylation sites (N-methyl/N-ethyl adjacent to an activating group) is 1. The maximum absolute atomic E-state index is 12.4. The number of carbonyl (C=O) groups is 1. The standard InChI is InChI=1S/C17H22N4O/c1-4-7-16(15-8-5-6-11-18-15)21(3)17(22)10-9-14-12-19-20(2)13-14/h5-6,8-13,16H,4,7H2,1-3H3/b10-9+/t16-/m0/s1. The molecule has 0 unspecified atom stereocenters. The summed E-state index contributed by atoms with van der Waals surface area (Å²) in [5.41, 5.74) is 1.84. The largest absolute Gasteiger partial charge is 0.334 e. The lowest BCUT2D eigenvalue weighted by Gasteiger charge is -2.26. The Bertz CT molecular complexity index is 633. The first-order chi connectivity index (χ1) is 10.6. The zero-order chi connectivity index (χ0) is 15.9. The Kier molecular flexibility index (Phi) is 5.47. The average Bonchev–Trinajstić information content (AvgIpc) is 2.96. The van der Waals surface area contributed by atoms with E-state index in [1.165, 1.54) is 0 Å². The van der Waals surface area contributed by atoms with Crippen LogP contribution in [0, 0.1) is 0 Å². The van der Waals surface area contributed by atoms with Gasteiger partial charge in [0.05, 0.1) is 17.9 Å². The Hall–Kier alpha value is -2.43. The molecule has 2 rings (SSSR count). The fraction of sp³-hybridized carbons (Fsp3) is 0.353. The van der Waals surface area contributed by atoms with Gasteiger partial charge in [0.15, 0.2) is 0 Å². The lowest BCUT2D eigenvalue weighted by atomic mass is 10.1. The summed E-state index contributed by atoms with van der Waals surface area (Å²) in [5, 5.41) is 4.08. The molecule has 5 nitrogen and oxygen atoms in total. The predicted octanol–water partition coefficient (Wildman–Crippen LogP) is 2.83. The molecule has 2 heterocycles. The number of nitrogens with zero attached hydrogens (tertiary/aromatic N) is 4. The van der Waals surface area contributed by atoms with Crippen molar-refractivity contribution in [3.8, 4) is 0 Å². The lowest BCUT2D eigenvalue weighted by Crippen LogP contribution is -2.30. The second kappa shape index (κ2) is 7.54. The Morgan fingerprint density at radius 1 is 1.45 bits per heavy atom. The van der Waals surface area contributed by atoms with Crippen LogP contribution in [0.3, 0.4) is 0 Å². The summed E-state index contributed by atoms with van der Waals surface area (Å²) in [6.07, 6.45) is 10.6. The minimum Gasteiger partial charge on any atom is -0.334 e. The maximum Gasteiger partial charge on any atom is 0.246 e. The molecule has 0 radical (unpaired) electrons. The molecule has 0 aliphatic carbocycles. The monoisotopic (exact) mass is 298 g/mol. The molecule has 1 atom stereocenters. The smallest absolute Gasteiger partial charge is 0.246 e. The molecule has 0 fully saturated rings. The van der Waals surface area contributed by atoms with E-state index in [9.17, 15) is 4.79 Å². The topological polar surface area (TPSA) is 51.0 Å². The molecule has 116 valence electrons. The molecule has 0 saturated heterocycles. The Balaban J connectivity index is 2.11. The molecule has 0 aliphatic rings. The number of carbonyl (C=O) groups excluding carboxylic acids is 1. The van der Waals surface area contributed by atoms with Crippen molar-refractivity contribution in [2.75, 3.05) is 7.05 Å². The summed E-state index contributed by atoms with van der Waals surface area (Å²) in [7, 11) is 3.68. The van der Waals surface area contributed by atoms with E-state index in [0.29, 0.717) is 0 Å². The van der Waals surface area contributed by atoms with Gasteiger partial charge in [-0.2, -0.15) is 5.10 Å². The second-order valence-electron chi connectivity index (χ2n) is 5.29. The number of amides is 1. The van der Waals surface area contributed by atoms with Crippen LogP contribution in [-0.2, 0) is 11.8 Å². The minimum absolute atomic E-state index is 0.00255. The van der Waals surface area contributed by atoms with E-state index in [1.807, 2.05) is 38.5 Å². The first-order valence-electron chi connectivity index (χ1n) is 7.46. The molecule has 0 aromatic carbocycles. The van der Waals surface area contributed by atoms with Gasteiger partial charge in [-0.3, -0.25) is 14.5 Å². The fourth-order valence-electron chi connectivity index (χ4n) is 2.35. The predicted molar refractivity (Wildman–Crippen MR) is 86.9 cm³/mol. The van der Waals surface area contributed by atoms with Crippen LogP contribution >= 0.6 is 0 Å². The fourth-order valence-corrected chi connectivity index (χ4v) is 2.35. The molecule has 0 bridgehead atoms. The summed E-state index contributed by atoms with van der Waals surface area (Å²) in [6, 6.07) is 5.80. The molecule has 0 spiro atoms. The molecule has 22 heavy (non-hydrogen) atoms. The maximum atomic E-state index is 12.4. The van der Waals surface area contributed by atoms with Crippen LogP contribution in [0.2, 0.25) is 0 Å². The van der Waals surface area contributed by atoms with Gasteiger partial charge in [-0.05, 0) is 24.6 Å². The third-order valence-electron chi connectivity index (χ3n) is 3.55. The van der Waals surface area contributed by atoms with Crippen molar-refractivity contribution < 1.29 is 4.79 Å². The highest BCUT2D eigenvalue weighted by molar-refractivity contribution is 5.91. The van der Waals surface area contributed by atoms with E-state index in [-0.39, 0.29) is 11.9 Å². The van der Waals surface area contributed by atoms with Gasteiger partial charge in [0.25, 0.3) is 0 Å². The molecule has 1 amide bonds. The van der Waals surface area contributed by atoms with Crippen molar-refractivity contribution in [3.05, 3.63) is 54.1 Å². The highest BCUT2D eigenvalue weighted by Gasteiger charge is 2.20. The quantitative estimate of drug-likeness (QED) is 0.771. The van der Waals surface area contributed by atoms with Gasteiger partial charge in [0, 0.05) is 38.1 Å². The second-order valence-corrected chi connectivity index (χ2v) is 5.29. The van der Waals surface area contributed by atoms with Crippen molar-refractivity contribution in [3.63, 3.8) is 0 Å². The summed E-state index contributed by atoms with van der Waals surface area (Å²) >= 11 is 0. The first-order valence-corrected chi connectivity index (χ1v) is 7.46. The SMILES string of the molecule is CCC[C@@H](c1ccccn1)N(C)C(=O)/C=C/c1cnn(C)c1. The summed E-state index contributed by atoms with van der Waals surface area (Å²) in [5.74, 6) is -0.0343. The lowest BCUT2D eigenvalue weighted by molar-refractivity contribution is -0.127. The van der Waals surface area contributed by atoms with Crippen molar-refractivity contribution >= 4 is 12.0 Å². The Morgan fingerprint density at radius 2 is 2.27 bits per heavy atom. The third-order valence-corrected chi connectivity index (χ3v) is 3.55. The summed E-state index contributed by atoms with van der Waals surface area (Å²) < 4.78 is 1.71. The molecule has 2 aromatic heterocycles. The van der Waals surface area contributed by atoms with Crippen molar-refractivity contribution in [1.29, 1.82) is 0 Å². The van der Waals surface area contributed by atoms with E-state index >= 15 is 0 Å². The van der Waals surface area contributed by atoms with Gasteiger partial charge in [-0.15, -0.1) is 0 Å². The zero-order valence-electron chi connectivity index (χ0n) is 13.3. The van der Waals surface area contributed by atoms with E-state index in [0.717, 1.165) is 24.1 Å². The van der Waals surface area contributed by atoms with Crippen LogP contribution in [-0.4, -0.2) is 32.6 Å². The third kappa shape index (κ3) is 4.04. The van der Waals surface area contributed by atoms with Crippen LogP contribution in [0.4, 0.5) is 0 Å². The van der Waals surface area contributed by atoms with Gasteiger partial charge in [-0.1, -0.05) is 19.4 Å². The van der Waals surface area contributed by atoms with Gasteiger partial charge >= 0.3 is 0 Å². The van der Waals surface area contributed by atoms with Crippen molar-refractivity contribution in [2.24, 2.45) is 7.05 Å². The number of aromatic nitrogens is 3. The first kappa shape index (κ1) is 15.9. The normalized spacial score (nSPS) is 12.5. The summed E-state index contributed by atoms with van der Waals surface area (Å²) in [4.78, 5) is 18.5. The zero-order valence-corrected chi connectivity index (χ0v) is 13.3. The number of rotatable bonds is 6. The number of hydrogen-bond acceptors (Lipinski definition) is 3. The van der Waals surface area contributed by atoms with Crippen LogP contribution in [0.5, 0.6) is 0 Å².